The van der Waals surface area contributed by atoms with Gasteiger partial charge in [0.25, 0.3) is 0 Å². The van der Waals surface area contributed by atoms with E-state index in [4.69, 9.17) is 4.74 Å². The van der Waals surface area contributed by atoms with E-state index in [2.05, 4.69) is 6.92 Å². The first-order chi connectivity index (χ1) is 5.34. The molecule has 2 nitrogen and oxygen atoms in total. The molecule has 0 bridgehead atoms. The summed E-state index contributed by atoms with van der Waals surface area (Å²) in [6.07, 6.45) is 5.32. The van der Waals surface area contributed by atoms with Crippen LogP contribution in [0.5, 0.6) is 0 Å². The van der Waals surface area contributed by atoms with Gasteiger partial charge in [0.2, 0.25) is 0 Å². The summed E-state index contributed by atoms with van der Waals surface area (Å²) >= 11 is 0. The third-order valence-corrected chi connectivity index (χ3v) is 2.20. The monoisotopic (exact) mass is 158 g/mol. The lowest BCUT2D eigenvalue weighted by Gasteiger charge is -2.27. The van der Waals surface area contributed by atoms with Crippen molar-refractivity contribution in [3.05, 3.63) is 0 Å². The van der Waals surface area contributed by atoms with Crippen LogP contribution in [-0.4, -0.2) is 23.9 Å². The maximum atomic E-state index is 9.47. The van der Waals surface area contributed by atoms with Crippen LogP contribution in [-0.2, 0) is 4.74 Å². The van der Waals surface area contributed by atoms with Gasteiger partial charge in [-0.1, -0.05) is 19.8 Å². The van der Waals surface area contributed by atoms with Gasteiger partial charge in [0.05, 0.1) is 12.2 Å². The molecule has 0 heterocycles. The second-order valence-corrected chi connectivity index (χ2v) is 3.26. The summed E-state index contributed by atoms with van der Waals surface area (Å²) in [5.41, 5.74) is 0. The van der Waals surface area contributed by atoms with Crippen molar-refractivity contribution in [2.75, 3.05) is 6.61 Å². The average Bonchev–Trinajstić information content (AvgIpc) is 2.03. The van der Waals surface area contributed by atoms with Gasteiger partial charge < -0.3 is 9.84 Å². The predicted octanol–water partition coefficient (Wildman–Crippen LogP) is 1.72. The van der Waals surface area contributed by atoms with Crippen LogP contribution < -0.4 is 0 Å². The zero-order chi connectivity index (χ0) is 8.10. The smallest absolute Gasteiger partial charge is 0.0833 e. The van der Waals surface area contributed by atoms with Crippen molar-refractivity contribution in [2.24, 2.45) is 0 Å². The maximum Gasteiger partial charge on any atom is 0.0833 e. The van der Waals surface area contributed by atoms with Crippen LogP contribution in [0.3, 0.4) is 0 Å². The molecule has 11 heavy (non-hydrogen) atoms. The van der Waals surface area contributed by atoms with Gasteiger partial charge in [-0.3, -0.25) is 0 Å². The van der Waals surface area contributed by atoms with Crippen molar-refractivity contribution < 1.29 is 9.84 Å². The van der Waals surface area contributed by atoms with Crippen LogP contribution in [0.1, 0.15) is 39.0 Å². The summed E-state index contributed by atoms with van der Waals surface area (Å²) < 4.78 is 5.49. The van der Waals surface area contributed by atoms with E-state index < -0.39 is 0 Å². The van der Waals surface area contributed by atoms with E-state index in [1.54, 1.807) is 0 Å². The summed E-state index contributed by atoms with van der Waals surface area (Å²) in [5, 5.41) is 9.47. The quantitative estimate of drug-likeness (QED) is 0.677. The maximum absolute atomic E-state index is 9.47. The van der Waals surface area contributed by atoms with Gasteiger partial charge in [0.15, 0.2) is 0 Å². The molecule has 0 spiro atoms. The van der Waals surface area contributed by atoms with Crippen molar-refractivity contribution in [3.63, 3.8) is 0 Å². The third kappa shape index (κ3) is 2.80. The van der Waals surface area contributed by atoms with Crippen LogP contribution >= 0.6 is 0 Å². The average molecular weight is 158 g/mol. The van der Waals surface area contributed by atoms with Gasteiger partial charge in [0, 0.05) is 6.61 Å². The van der Waals surface area contributed by atoms with E-state index in [1.807, 2.05) is 0 Å². The lowest BCUT2D eigenvalue weighted by atomic mass is 9.95. The third-order valence-electron chi connectivity index (χ3n) is 2.20. The molecule has 1 saturated carbocycles. The molecule has 0 radical (unpaired) electrons. The van der Waals surface area contributed by atoms with E-state index in [0.717, 1.165) is 32.3 Å². The number of aliphatic hydroxyl groups excluding tert-OH is 1. The first-order valence-corrected chi connectivity index (χ1v) is 4.64. The Labute approximate surface area is 68.6 Å². The lowest BCUT2D eigenvalue weighted by Crippen LogP contribution is -2.32. The number of aliphatic hydroxyl groups is 1. The molecule has 0 amide bonds. The van der Waals surface area contributed by atoms with Gasteiger partial charge in [-0.15, -0.1) is 0 Å². The predicted molar refractivity (Wildman–Crippen MR) is 44.5 cm³/mol. The summed E-state index contributed by atoms with van der Waals surface area (Å²) in [6, 6.07) is 0. The Morgan fingerprint density at radius 1 is 1.36 bits per heavy atom. The van der Waals surface area contributed by atoms with E-state index in [-0.39, 0.29) is 12.2 Å². The van der Waals surface area contributed by atoms with Gasteiger partial charge in [-0.25, -0.2) is 0 Å². The van der Waals surface area contributed by atoms with Crippen LogP contribution in [0.25, 0.3) is 0 Å². The Kier molecular flexibility index (Phi) is 3.87. The fourth-order valence-electron chi connectivity index (χ4n) is 1.54. The highest BCUT2D eigenvalue weighted by molar-refractivity contribution is 4.74. The summed E-state index contributed by atoms with van der Waals surface area (Å²) in [7, 11) is 0. The Balaban J connectivity index is 2.18. The van der Waals surface area contributed by atoms with Crippen LogP contribution in [0.15, 0.2) is 0 Å². The van der Waals surface area contributed by atoms with Gasteiger partial charge >= 0.3 is 0 Å². The fourth-order valence-corrected chi connectivity index (χ4v) is 1.54. The molecule has 1 aliphatic rings. The topological polar surface area (TPSA) is 29.5 Å². The van der Waals surface area contributed by atoms with Crippen LogP contribution in [0.4, 0.5) is 0 Å². The number of ether oxygens (including phenoxy) is 1. The zero-order valence-corrected chi connectivity index (χ0v) is 7.25. The Morgan fingerprint density at radius 2 is 2.09 bits per heavy atom. The number of rotatable bonds is 3. The highest BCUT2D eigenvalue weighted by Crippen LogP contribution is 2.20. The second-order valence-electron chi connectivity index (χ2n) is 3.26. The van der Waals surface area contributed by atoms with E-state index in [1.165, 1.54) is 6.42 Å². The molecule has 1 aliphatic carbocycles. The number of hydrogen-bond donors (Lipinski definition) is 1. The van der Waals surface area contributed by atoms with E-state index in [9.17, 15) is 5.11 Å². The molecule has 0 saturated heterocycles. The highest BCUT2D eigenvalue weighted by atomic mass is 16.5. The van der Waals surface area contributed by atoms with Crippen molar-refractivity contribution in [1.82, 2.24) is 0 Å². The molecule has 1 N–H and O–H groups in total. The first kappa shape index (κ1) is 9.01. The van der Waals surface area contributed by atoms with Crippen molar-refractivity contribution in [3.8, 4) is 0 Å². The fraction of sp³-hybridized carbons (Fsp3) is 1.00. The second kappa shape index (κ2) is 4.73. The molecule has 0 aliphatic heterocycles. The minimum Gasteiger partial charge on any atom is -0.390 e. The Hall–Kier alpha value is -0.0800. The largest absolute Gasteiger partial charge is 0.390 e. The molecular weight excluding hydrogens is 140 g/mol. The highest BCUT2D eigenvalue weighted by Gasteiger charge is 2.22. The molecule has 0 unspecified atom stereocenters. The minimum atomic E-state index is -0.199. The molecule has 1 rings (SSSR count). The standard InChI is InChI=1S/C9H18O2/c1-2-7-11-9-6-4-3-5-8(9)10/h8-10H,2-7H2,1H3/t8-,9+/m1/s1. The summed E-state index contributed by atoms with van der Waals surface area (Å²) in [5.74, 6) is 0. The molecule has 2 heteroatoms. The van der Waals surface area contributed by atoms with Crippen molar-refractivity contribution in [2.45, 2.75) is 51.2 Å². The van der Waals surface area contributed by atoms with Crippen LogP contribution in [0.2, 0.25) is 0 Å². The summed E-state index contributed by atoms with van der Waals surface area (Å²) in [4.78, 5) is 0. The van der Waals surface area contributed by atoms with E-state index >= 15 is 0 Å². The lowest BCUT2D eigenvalue weighted by molar-refractivity contribution is -0.0582. The zero-order valence-electron chi connectivity index (χ0n) is 7.25. The molecule has 1 fully saturated rings. The van der Waals surface area contributed by atoms with Crippen LogP contribution in [0, 0.1) is 0 Å². The Bertz CT molecular complexity index is 104. The minimum absolute atomic E-state index is 0.128. The number of hydrogen-bond acceptors (Lipinski definition) is 2. The van der Waals surface area contributed by atoms with Gasteiger partial charge in [-0.05, 0) is 19.3 Å². The molecule has 0 aromatic rings. The van der Waals surface area contributed by atoms with Crippen molar-refractivity contribution >= 4 is 0 Å². The normalized spacial score (nSPS) is 32.2. The molecule has 66 valence electrons. The SMILES string of the molecule is CCCO[C@H]1CCCC[C@H]1O. The molecule has 0 aromatic carbocycles. The Morgan fingerprint density at radius 3 is 2.73 bits per heavy atom. The first-order valence-electron chi connectivity index (χ1n) is 4.64. The van der Waals surface area contributed by atoms with E-state index in [0.29, 0.717) is 0 Å². The molecule has 0 aromatic heterocycles. The van der Waals surface area contributed by atoms with Crippen molar-refractivity contribution in [1.29, 1.82) is 0 Å². The van der Waals surface area contributed by atoms with Gasteiger partial charge in [0.1, 0.15) is 0 Å². The molecule has 2 atom stereocenters. The van der Waals surface area contributed by atoms with Gasteiger partial charge in [-0.2, -0.15) is 0 Å². The molecular formula is C9H18O2. The summed E-state index contributed by atoms with van der Waals surface area (Å²) in [6.45, 7) is 2.89.